The van der Waals surface area contributed by atoms with Gasteiger partial charge in [0, 0.05) is 50.2 Å². The molecule has 8 nitrogen and oxygen atoms in total. The predicted molar refractivity (Wildman–Crippen MR) is 113 cm³/mol. The molecule has 4 heterocycles. The van der Waals surface area contributed by atoms with E-state index in [4.69, 9.17) is 4.74 Å². The molecule has 8 heteroatoms. The molecular formula is C23H30N4O4. The summed E-state index contributed by atoms with van der Waals surface area (Å²) >= 11 is 0. The second kappa shape index (κ2) is 8.00. The lowest BCUT2D eigenvalue weighted by Gasteiger charge is -2.46. The molecule has 3 amide bonds. The van der Waals surface area contributed by atoms with E-state index in [1.165, 1.54) is 0 Å². The van der Waals surface area contributed by atoms with Crippen molar-refractivity contribution in [2.75, 3.05) is 26.2 Å². The van der Waals surface area contributed by atoms with Crippen LogP contribution in [0.25, 0.3) is 0 Å². The molecule has 1 spiro atoms. The van der Waals surface area contributed by atoms with Gasteiger partial charge >= 0.3 is 0 Å². The number of hydrogen-bond acceptors (Lipinski definition) is 6. The van der Waals surface area contributed by atoms with Crippen molar-refractivity contribution in [2.45, 2.75) is 63.4 Å². The van der Waals surface area contributed by atoms with E-state index in [1.54, 1.807) is 4.90 Å². The lowest BCUT2D eigenvalue weighted by Crippen LogP contribution is -2.61. The highest BCUT2D eigenvalue weighted by atomic mass is 16.5. The second-order valence-corrected chi connectivity index (χ2v) is 9.45. The summed E-state index contributed by atoms with van der Waals surface area (Å²) in [4.78, 5) is 40.7. The molecule has 31 heavy (non-hydrogen) atoms. The van der Waals surface area contributed by atoms with Crippen molar-refractivity contribution >= 4 is 17.7 Å². The number of nitrogens with zero attached hydrogens (tertiary/aromatic N) is 2. The fourth-order valence-electron chi connectivity index (χ4n) is 5.19. The normalized spacial score (nSPS) is 28.7. The molecule has 2 N–H and O–H groups in total. The number of fused-ring (bicyclic) bond motifs is 1. The van der Waals surface area contributed by atoms with Crippen molar-refractivity contribution in [3.8, 4) is 0 Å². The number of imide groups is 1. The van der Waals surface area contributed by atoms with Crippen molar-refractivity contribution in [3.63, 3.8) is 0 Å². The van der Waals surface area contributed by atoms with Crippen molar-refractivity contribution in [1.29, 1.82) is 0 Å². The molecule has 2 unspecified atom stereocenters. The largest absolute Gasteiger partial charge is 0.375 e. The first-order valence-corrected chi connectivity index (χ1v) is 11.3. The van der Waals surface area contributed by atoms with E-state index in [1.807, 2.05) is 12.1 Å². The molecule has 4 aliphatic rings. The molecule has 0 aromatic heterocycles. The Balaban J connectivity index is 1.21. The second-order valence-electron chi connectivity index (χ2n) is 9.45. The summed E-state index contributed by atoms with van der Waals surface area (Å²) in [5.74, 6) is -0.739. The SMILES string of the molecule is CC1CNC2(CCN(Cc3ccc4c(c3)C(=O)N(C3CCC(=O)NC3=O)C4)CC2)CO1. The molecule has 5 rings (SSSR count). The van der Waals surface area contributed by atoms with Crippen molar-refractivity contribution < 1.29 is 19.1 Å². The summed E-state index contributed by atoms with van der Waals surface area (Å²) in [7, 11) is 0. The van der Waals surface area contributed by atoms with Crippen LogP contribution in [0, 0.1) is 0 Å². The highest BCUT2D eigenvalue weighted by Gasteiger charge is 2.40. The van der Waals surface area contributed by atoms with Gasteiger partial charge < -0.3 is 15.0 Å². The first kappa shape index (κ1) is 20.6. The standard InChI is InChI=1S/C23H30N4O4/c1-15-11-24-23(14-31-15)6-8-26(9-7-23)12-16-2-3-17-13-27(22(30)18(17)10-16)19-4-5-20(28)25-21(19)29/h2-3,10,15,19,24H,4-9,11-14H2,1H3,(H,25,28,29). The molecule has 1 aromatic carbocycles. The maximum atomic E-state index is 13.0. The fraction of sp³-hybridized carbons (Fsp3) is 0.609. The predicted octanol–water partition coefficient (Wildman–Crippen LogP) is 0.791. The zero-order valence-corrected chi connectivity index (χ0v) is 18.0. The van der Waals surface area contributed by atoms with Gasteiger partial charge in [-0.2, -0.15) is 0 Å². The Kier molecular flexibility index (Phi) is 5.32. The number of rotatable bonds is 3. The lowest BCUT2D eigenvalue weighted by atomic mass is 9.86. The van der Waals surface area contributed by atoms with Crippen LogP contribution in [0.1, 0.15) is 54.1 Å². The molecule has 0 radical (unpaired) electrons. The van der Waals surface area contributed by atoms with E-state index in [-0.39, 0.29) is 35.8 Å². The first-order chi connectivity index (χ1) is 14.9. The first-order valence-electron chi connectivity index (χ1n) is 11.3. The monoisotopic (exact) mass is 426 g/mol. The topological polar surface area (TPSA) is 91.0 Å². The third-order valence-corrected chi connectivity index (χ3v) is 7.22. The summed E-state index contributed by atoms with van der Waals surface area (Å²) < 4.78 is 5.89. The fourth-order valence-corrected chi connectivity index (χ4v) is 5.19. The Hall–Kier alpha value is -2.29. The van der Waals surface area contributed by atoms with E-state index in [9.17, 15) is 14.4 Å². The van der Waals surface area contributed by atoms with Gasteiger partial charge in [-0.3, -0.25) is 24.6 Å². The molecule has 4 aliphatic heterocycles. The Labute approximate surface area is 182 Å². The third kappa shape index (κ3) is 4.00. The van der Waals surface area contributed by atoms with Gasteiger partial charge in [-0.15, -0.1) is 0 Å². The molecule has 1 aromatic rings. The number of piperidine rings is 2. The van der Waals surface area contributed by atoms with Crippen molar-refractivity contribution in [2.24, 2.45) is 0 Å². The van der Waals surface area contributed by atoms with Gasteiger partial charge in [0.25, 0.3) is 5.91 Å². The minimum atomic E-state index is -0.563. The number of benzene rings is 1. The summed E-state index contributed by atoms with van der Waals surface area (Å²) in [5.41, 5.74) is 2.87. The number of amides is 3. The molecule has 2 atom stereocenters. The third-order valence-electron chi connectivity index (χ3n) is 7.22. The van der Waals surface area contributed by atoms with E-state index < -0.39 is 6.04 Å². The van der Waals surface area contributed by atoms with Gasteiger partial charge in [0.05, 0.1) is 12.7 Å². The van der Waals surface area contributed by atoms with E-state index in [0.29, 0.717) is 18.5 Å². The van der Waals surface area contributed by atoms with Crippen LogP contribution >= 0.6 is 0 Å². The van der Waals surface area contributed by atoms with Crippen molar-refractivity contribution in [1.82, 2.24) is 20.4 Å². The summed E-state index contributed by atoms with van der Waals surface area (Å²) in [6.45, 7) is 7.04. The summed E-state index contributed by atoms with van der Waals surface area (Å²) in [6.07, 6.45) is 3.08. The zero-order chi connectivity index (χ0) is 21.6. The number of nitrogens with one attached hydrogen (secondary N) is 2. The van der Waals surface area contributed by atoms with Crippen LogP contribution in [0.15, 0.2) is 18.2 Å². The minimum Gasteiger partial charge on any atom is -0.375 e. The van der Waals surface area contributed by atoms with Gasteiger partial charge in [-0.1, -0.05) is 12.1 Å². The molecule has 0 bridgehead atoms. The highest BCUT2D eigenvalue weighted by molar-refractivity contribution is 6.05. The number of carbonyl (C=O) groups excluding carboxylic acids is 3. The van der Waals surface area contributed by atoms with Crippen LogP contribution in [0.3, 0.4) is 0 Å². The van der Waals surface area contributed by atoms with E-state index >= 15 is 0 Å². The highest BCUT2D eigenvalue weighted by Crippen LogP contribution is 2.30. The smallest absolute Gasteiger partial charge is 0.255 e. The van der Waals surface area contributed by atoms with Gasteiger partial charge in [-0.25, -0.2) is 0 Å². The van der Waals surface area contributed by atoms with Gasteiger partial charge in [0.1, 0.15) is 6.04 Å². The molecule has 3 saturated heterocycles. The van der Waals surface area contributed by atoms with E-state index in [0.717, 1.165) is 56.8 Å². The maximum Gasteiger partial charge on any atom is 0.255 e. The molecular weight excluding hydrogens is 396 g/mol. The molecule has 0 saturated carbocycles. The summed E-state index contributed by atoms with van der Waals surface area (Å²) in [5, 5.41) is 6.05. The Morgan fingerprint density at radius 1 is 1.19 bits per heavy atom. The van der Waals surface area contributed by atoms with E-state index in [2.05, 4.69) is 28.5 Å². The van der Waals surface area contributed by atoms with Gasteiger partial charge in [-0.05, 0) is 43.4 Å². The van der Waals surface area contributed by atoms with Crippen LogP contribution < -0.4 is 10.6 Å². The summed E-state index contributed by atoms with van der Waals surface area (Å²) in [6, 6.07) is 5.52. The number of carbonyl (C=O) groups is 3. The molecule has 0 aliphatic carbocycles. The van der Waals surface area contributed by atoms with Crippen LogP contribution in [0.2, 0.25) is 0 Å². The number of ether oxygens (including phenoxy) is 1. The number of likely N-dealkylation sites (tertiary alicyclic amines) is 1. The van der Waals surface area contributed by atoms with Crippen LogP contribution in [0.4, 0.5) is 0 Å². The number of hydrogen-bond donors (Lipinski definition) is 2. The average Bonchev–Trinajstić information content (AvgIpc) is 3.08. The quantitative estimate of drug-likeness (QED) is 0.695. The average molecular weight is 427 g/mol. The maximum absolute atomic E-state index is 13.0. The van der Waals surface area contributed by atoms with Gasteiger partial charge in [0.15, 0.2) is 0 Å². The molecule has 3 fully saturated rings. The Morgan fingerprint density at radius 2 is 2.00 bits per heavy atom. The number of morpholine rings is 1. The van der Waals surface area contributed by atoms with Crippen LogP contribution in [0.5, 0.6) is 0 Å². The zero-order valence-electron chi connectivity index (χ0n) is 18.0. The molecule has 166 valence electrons. The Morgan fingerprint density at radius 3 is 2.71 bits per heavy atom. The van der Waals surface area contributed by atoms with Crippen LogP contribution in [-0.2, 0) is 27.4 Å². The van der Waals surface area contributed by atoms with Gasteiger partial charge in [0.2, 0.25) is 11.8 Å². The Bertz CT molecular complexity index is 899. The lowest BCUT2D eigenvalue weighted by molar-refractivity contribution is -0.136. The van der Waals surface area contributed by atoms with Crippen LogP contribution in [-0.4, -0.2) is 71.4 Å². The van der Waals surface area contributed by atoms with Crippen molar-refractivity contribution in [3.05, 3.63) is 34.9 Å². The minimum absolute atomic E-state index is 0.110.